The van der Waals surface area contributed by atoms with Gasteiger partial charge in [0, 0.05) is 29.6 Å². The third-order valence-corrected chi connectivity index (χ3v) is 2.07. The van der Waals surface area contributed by atoms with Crippen LogP contribution in [0.2, 0.25) is 0 Å². The zero-order valence-corrected chi connectivity index (χ0v) is 8.22. The van der Waals surface area contributed by atoms with Crippen LogP contribution in [0.3, 0.4) is 0 Å². The van der Waals surface area contributed by atoms with Gasteiger partial charge < -0.3 is 5.11 Å². The van der Waals surface area contributed by atoms with E-state index in [1.54, 1.807) is 18.3 Å². The lowest BCUT2D eigenvalue weighted by Gasteiger charge is -2.01. The van der Waals surface area contributed by atoms with E-state index in [9.17, 15) is 14.3 Å². The molecule has 0 fully saturated rings. The lowest BCUT2D eigenvalue weighted by atomic mass is 10.0. The maximum atomic E-state index is 13.0. The van der Waals surface area contributed by atoms with Gasteiger partial charge in [-0.05, 0) is 24.3 Å². The van der Waals surface area contributed by atoms with Crippen LogP contribution in [0, 0.1) is 5.82 Å². The predicted molar refractivity (Wildman–Crippen MR) is 55.7 cm³/mol. The summed E-state index contributed by atoms with van der Waals surface area (Å²) in [6.07, 6.45) is 2.93. The molecule has 16 heavy (non-hydrogen) atoms. The predicted octanol–water partition coefficient (Wildman–Crippen LogP) is 2.16. The van der Waals surface area contributed by atoms with Gasteiger partial charge in [-0.3, -0.25) is 9.78 Å². The van der Waals surface area contributed by atoms with Crippen LogP contribution in [0.15, 0.2) is 42.7 Å². The fourth-order valence-electron chi connectivity index (χ4n) is 1.37. The molecule has 0 saturated carbocycles. The average Bonchev–Trinajstić information content (AvgIpc) is 2.28. The van der Waals surface area contributed by atoms with Crippen molar-refractivity contribution in [2.45, 2.75) is 0 Å². The Labute approximate surface area is 91.2 Å². The van der Waals surface area contributed by atoms with Crippen LogP contribution < -0.4 is 0 Å². The summed E-state index contributed by atoms with van der Waals surface area (Å²) in [6, 6.07) is 6.44. The number of carbonyl (C=O) groups excluding carboxylic acids is 1. The Kier molecular flexibility index (Phi) is 2.64. The van der Waals surface area contributed by atoms with Crippen molar-refractivity contribution in [1.29, 1.82) is 0 Å². The number of nitrogens with zero attached hydrogens (tertiary/aromatic N) is 1. The number of carbonyl (C=O) groups is 1. The number of aromatic hydroxyl groups is 1. The number of pyridine rings is 1. The van der Waals surface area contributed by atoms with Gasteiger partial charge in [0.25, 0.3) is 0 Å². The maximum absolute atomic E-state index is 13.0. The van der Waals surface area contributed by atoms with Gasteiger partial charge in [0.05, 0.1) is 0 Å². The Morgan fingerprint density at radius 2 is 2.06 bits per heavy atom. The monoisotopic (exact) mass is 217 g/mol. The van der Waals surface area contributed by atoms with Crippen molar-refractivity contribution in [3.63, 3.8) is 0 Å². The summed E-state index contributed by atoms with van der Waals surface area (Å²) in [6.45, 7) is 0. The highest BCUT2D eigenvalue weighted by atomic mass is 19.1. The number of rotatable bonds is 2. The first-order valence-corrected chi connectivity index (χ1v) is 4.61. The average molecular weight is 217 g/mol. The number of halogens is 1. The molecule has 0 aliphatic carbocycles. The molecule has 80 valence electrons. The Morgan fingerprint density at radius 3 is 2.69 bits per heavy atom. The standard InChI is InChI=1S/C12H8FNO2/c13-10-4-9(5-11(15)6-10)12(16)8-2-1-3-14-7-8/h1-7,15H. The van der Waals surface area contributed by atoms with E-state index in [0.717, 1.165) is 12.1 Å². The summed E-state index contributed by atoms with van der Waals surface area (Å²) >= 11 is 0. The second kappa shape index (κ2) is 4.10. The molecule has 2 rings (SSSR count). The van der Waals surface area contributed by atoms with E-state index in [0.29, 0.717) is 5.56 Å². The highest BCUT2D eigenvalue weighted by Crippen LogP contribution is 2.17. The second-order valence-electron chi connectivity index (χ2n) is 3.27. The molecular weight excluding hydrogens is 209 g/mol. The molecule has 0 amide bonds. The van der Waals surface area contributed by atoms with E-state index in [1.165, 1.54) is 12.3 Å². The molecule has 4 heteroatoms. The number of hydrogen-bond donors (Lipinski definition) is 1. The van der Waals surface area contributed by atoms with Crippen LogP contribution in [0.25, 0.3) is 0 Å². The molecule has 1 heterocycles. The normalized spacial score (nSPS) is 10.1. The number of benzene rings is 1. The summed E-state index contributed by atoms with van der Waals surface area (Å²) in [7, 11) is 0. The molecule has 0 aliphatic heterocycles. The van der Waals surface area contributed by atoms with Gasteiger partial charge >= 0.3 is 0 Å². The van der Waals surface area contributed by atoms with Crippen LogP contribution in [-0.2, 0) is 0 Å². The molecule has 0 spiro atoms. The summed E-state index contributed by atoms with van der Waals surface area (Å²) in [5, 5.41) is 9.18. The van der Waals surface area contributed by atoms with Crippen molar-refractivity contribution in [2.75, 3.05) is 0 Å². The maximum Gasteiger partial charge on any atom is 0.194 e. The zero-order chi connectivity index (χ0) is 11.5. The topological polar surface area (TPSA) is 50.2 Å². The molecule has 0 atom stereocenters. The van der Waals surface area contributed by atoms with Crippen LogP contribution in [0.4, 0.5) is 4.39 Å². The Bertz CT molecular complexity index is 506. The quantitative estimate of drug-likeness (QED) is 0.784. The molecule has 1 aromatic carbocycles. The minimum atomic E-state index is -0.646. The number of aromatic nitrogens is 1. The van der Waals surface area contributed by atoms with Crippen molar-refractivity contribution in [2.24, 2.45) is 0 Å². The summed E-state index contributed by atoms with van der Waals surface area (Å²) < 4.78 is 13.0. The Morgan fingerprint density at radius 1 is 1.25 bits per heavy atom. The van der Waals surface area contributed by atoms with Gasteiger partial charge in [0.1, 0.15) is 11.6 Å². The highest BCUT2D eigenvalue weighted by molar-refractivity contribution is 6.08. The van der Waals surface area contributed by atoms with Crippen molar-refractivity contribution in [3.05, 3.63) is 59.7 Å². The number of phenolic OH excluding ortho intramolecular Hbond substituents is 1. The van der Waals surface area contributed by atoms with Gasteiger partial charge in [0.15, 0.2) is 5.78 Å². The highest BCUT2D eigenvalue weighted by Gasteiger charge is 2.11. The Balaban J connectivity index is 2.42. The minimum absolute atomic E-state index is 0.102. The number of phenols is 1. The second-order valence-corrected chi connectivity index (χ2v) is 3.27. The lowest BCUT2D eigenvalue weighted by molar-refractivity contribution is 0.103. The Hall–Kier alpha value is -2.23. The van der Waals surface area contributed by atoms with Crippen LogP contribution in [0.1, 0.15) is 15.9 Å². The molecule has 0 bridgehead atoms. The fraction of sp³-hybridized carbons (Fsp3) is 0. The van der Waals surface area contributed by atoms with Crippen LogP contribution in [0.5, 0.6) is 5.75 Å². The lowest BCUT2D eigenvalue weighted by Crippen LogP contribution is -2.01. The number of ketones is 1. The van der Waals surface area contributed by atoms with Crippen LogP contribution >= 0.6 is 0 Å². The first kappa shape index (κ1) is 10.3. The van der Waals surface area contributed by atoms with Crippen molar-refractivity contribution < 1.29 is 14.3 Å². The van der Waals surface area contributed by atoms with Crippen molar-refractivity contribution in [1.82, 2.24) is 4.98 Å². The molecule has 2 aromatic rings. The first-order chi connectivity index (χ1) is 7.66. The van der Waals surface area contributed by atoms with Gasteiger partial charge in [-0.2, -0.15) is 0 Å². The smallest absolute Gasteiger partial charge is 0.194 e. The molecule has 0 radical (unpaired) electrons. The van der Waals surface area contributed by atoms with Gasteiger partial charge in [-0.25, -0.2) is 4.39 Å². The molecule has 0 saturated heterocycles. The number of hydrogen-bond acceptors (Lipinski definition) is 3. The van der Waals surface area contributed by atoms with Gasteiger partial charge in [-0.1, -0.05) is 0 Å². The largest absolute Gasteiger partial charge is 0.508 e. The van der Waals surface area contributed by atoms with Crippen LogP contribution in [-0.4, -0.2) is 15.9 Å². The molecule has 0 unspecified atom stereocenters. The molecular formula is C12H8FNO2. The van der Waals surface area contributed by atoms with E-state index in [2.05, 4.69) is 4.98 Å². The zero-order valence-electron chi connectivity index (χ0n) is 8.22. The van der Waals surface area contributed by atoms with E-state index in [-0.39, 0.29) is 17.1 Å². The fourth-order valence-corrected chi connectivity index (χ4v) is 1.37. The van der Waals surface area contributed by atoms with Gasteiger partial charge in [-0.15, -0.1) is 0 Å². The van der Waals surface area contributed by atoms with E-state index in [1.807, 2.05) is 0 Å². The first-order valence-electron chi connectivity index (χ1n) is 4.61. The van der Waals surface area contributed by atoms with E-state index < -0.39 is 5.82 Å². The van der Waals surface area contributed by atoms with E-state index >= 15 is 0 Å². The van der Waals surface area contributed by atoms with Crippen molar-refractivity contribution >= 4 is 5.78 Å². The molecule has 0 aliphatic rings. The SMILES string of the molecule is O=C(c1cccnc1)c1cc(O)cc(F)c1. The summed E-state index contributed by atoms with van der Waals surface area (Å²) in [5.74, 6) is -1.29. The molecule has 1 N–H and O–H groups in total. The van der Waals surface area contributed by atoms with Gasteiger partial charge in [0.2, 0.25) is 0 Å². The van der Waals surface area contributed by atoms with Crippen molar-refractivity contribution in [3.8, 4) is 5.75 Å². The third kappa shape index (κ3) is 2.06. The molecule has 1 aromatic heterocycles. The summed E-state index contributed by atoms with van der Waals surface area (Å²) in [5.41, 5.74) is 0.456. The molecule has 3 nitrogen and oxygen atoms in total. The minimum Gasteiger partial charge on any atom is -0.508 e. The summed E-state index contributed by atoms with van der Waals surface area (Å²) in [4.78, 5) is 15.6. The van der Waals surface area contributed by atoms with E-state index in [4.69, 9.17) is 0 Å². The third-order valence-electron chi connectivity index (χ3n) is 2.07.